The number of benzene rings is 2. The van der Waals surface area contributed by atoms with E-state index in [0.29, 0.717) is 0 Å². The highest BCUT2D eigenvalue weighted by atomic mass is 32.2. The minimum Gasteiger partial charge on any atom is -0.452 e. The van der Waals surface area contributed by atoms with Gasteiger partial charge in [-0.15, -0.1) is 0 Å². The minimum atomic E-state index is -4.18. The number of rotatable bonds is 6. The van der Waals surface area contributed by atoms with E-state index in [1.54, 1.807) is 18.2 Å². The lowest BCUT2D eigenvalue weighted by Crippen LogP contribution is -2.41. The van der Waals surface area contributed by atoms with Crippen LogP contribution in [0.5, 0.6) is 0 Å². The molecule has 11 heteroatoms. The molecule has 31 heavy (non-hydrogen) atoms. The summed E-state index contributed by atoms with van der Waals surface area (Å²) < 4.78 is 50.6. The van der Waals surface area contributed by atoms with Crippen molar-refractivity contribution in [2.45, 2.75) is 4.90 Å². The van der Waals surface area contributed by atoms with Crippen LogP contribution >= 0.6 is 0 Å². The maximum absolute atomic E-state index is 14.2. The molecule has 0 atom stereocenters. The minimum absolute atomic E-state index is 0.0616. The fraction of sp³-hybridized carbons (Fsp3) is 0.250. The fourth-order valence-electron chi connectivity index (χ4n) is 2.79. The Morgan fingerprint density at radius 3 is 2.39 bits per heavy atom. The van der Waals surface area contributed by atoms with Crippen LogP contribution in [0.2, 0.25) is 0 Å². The molecule has 1 fully saturated rings. The summed E-state index contributed by atoms with van der Waals surface area (Å²) in [6.45, 7) is -0.294. The Morgan fingerprint density at radius 2 is 1.71 bits per heavy atom. The number of carbonyl (C=O) groups excluding carboxylic acids is 3. The van der Waals surface area contributed by atoms with E-state index < -0.39 is 45.1 Å². The Morgan fingerprint density at radius 1 is 1.03 bits per heavy atom. The van der Waals surface area contributed by atoms with Gasteiger partial charge in [-0.2, -0.15) is 4.31 Å². The summed E-state index contributed by atoms with van der Waals surface area (Å²) in [5.74, 6) is -3.59. The first-order valence-electron chi connectivity index (χ1n) is 9.23. The zero-order chi connectivity index (χ0) is 22.4. The molecule has 0 saturated carbocycles. The Kier molecular flexibility index (Phi) is 7.10. The topological polar surface area (TPSA) is 119 Å². The van der Waals surface area contributed by atoms with Gasteiger partial charge in [0.25, 0.3) is 11.8 Å². The Hall–Kier alpha value is -3.15. The van der Waals surface area contributed by atoms with Gasteiger partial charge in [0.05, 0.1) is 18.8 Å². The zero-order valence-corrected chi connectivity index (χ0v) is 17.1. The molecule has 1 aliphatic heterocycles. The Balaban J connectivity index is 1.65. The summed E-state index contributed by atoms with van der Waals surface area (Å²) in [4.78, 5) is 35.3. The largest absolute Gasteiger partial charge is 0.452 e. The van der Waals surface area contributed by atoms with Crippen molar-refractivity contribution in [2.75, 3.05) is 32.9 Å². The van der Waals surface area contributed by atoms with Gasteiger partial charge in [0.15, 0.2) is 6.61 Å². The molecule has 164 valence electrons. The first kappa shape index (κ1) is 22.5. The molecule has 0 bridgehead atoms. The molecule has 1 heterocycles. The van der Waals surface area contributed by atoms with Crippen LogP contribution in [0.1, 0.15) is 20.7 Å². The average molecular weight is 450 g/mol. The second kappa shape index (κ2) is 9.77. The van der Waals surface area contributed by atoms with Crippen LogP contribution < -0.4 is 5.32 Å². The van der Waals surface area contributed by atoms with Gasteiger partial charge in [0.2, 0.25) is 10.0 Å². The van der Waals surface area contributed by atoms with Gasteiger partial charge in [-0.25, -0.2) is 17.6 Å². The van der Waals surface area contributed by atoms with E-state index >= 15 is 0 Å². The fourth-order valence-corrected chi connectivity index (χ4v) is 4.29. The lowest BCUT2D eigenvalue weighted by atomic mass is 10.2. The third-order valence-electron chi connectivity index (χ3n) is 4.38. The van der Waals surface area contributed by atoms with Crippen LogP contribution in [0, 0.1) is 5.82 Å². The number of hydrogen-bond donors (Lipinski definition) is 1. The summed E-state index contributed by atoms with van der Waals surface area (Å²) in [7, 11) is -4.18. The number of ether oxygens (including phenoxy) is 2. The van der Waals surface area contributed by atoms with Crippen LogP contribution in [0.4, 0.5) is 4.39 Å². The highest BCUT2D eigenvalue weighted by molar-refractivity contribution is 7.89. The van der Waals surface area contributed by atoms with E-state index in [1.807, 2.05) is 0 Å². The van der Waals surface area contributed by atoms with E-state index in [-0.39, 0.29) is 37.4 Å². The van der Waals surface area contributed by atoms with E-state index in [2.05, 4.69) is 5.32 Å². The predicted molar refractivity (Wildman–Crippen MR) is 105 cm³/mol. The van der Waals surface area contributed by atoms with Gasteiger partial charge in [0.1, 0.15) is 10.7 Å². The second-order valence-corrected chi connectivity index (χ2v) is 8.39. The number of sulfonamides is 1. The summed E-state index contributed by atoms with van der Waals surface area (Å²) in [5.41, 5.74) is -0.00547. The number of halogens is 1. The lowest BCUT2D eigenvalue weighted by molar-refractivity contribution is -0.123. The van der Waals surface area contributed by atoms with Crippen molar-refractivity contribution in [1.82, 2.24) is 9.62 Å². The Bertz CT molecular complexity index is 1080. The molecule has 9 nitrogen and oxygen atoms in total. The number of imide groups is 1. The molecular weight excluding hydrogens is 431 g/mol. The lowest BCUT2D eigenvalue weighted by Gasteiger charge is -2.26. The average Bonchev–Trinajstić information content (AvgIpc) is 2.78. The highest BCUT2D eigenvalue weighted by Crippen LogP contribution is 2.22. The molecule has 0 spiro atoms. The molecule has 0 aromatic heterocycles. The van der Waals surface area contributed by atoms with Gasteiger partial charge in [-0.05, 0) is 30.3 Å². The van der Waals surface area contributed by atoms with Crippen molar-refractivity contribution < 1.29 is 36.7 Å². The molecule has 0 aliphatic carbocycles. The number of esters is 1. The number of morpholine rings is 1. The molecule has 2 amide bonds. The number of amides is 2. The number of nitrogens with zero attached hydrogens (tertiary/aromatic N) is 1. The van der Waals surface area contributed by atoms with E-state index in [0.717, 1.165) is 22.5 Å². The smallest absolute Gasteiger partial charge is 0.338 e. The molecule has 3 rings (SSSR count). The standard InChI is InChI=1S/C20H19FN2O7S/c21-16-7-6-15(12-17(16)31(27,28)23-8-10-29-11-9-23)20(26)30-13-18(24)22-19(25)14-4-2-1-3-5-14/h1-7,12H,8-11,13H2,(H,22,24,25). The SMILES string of the molecule is O=C(COC(=O)c1ccc(F)c(S(=O)(=O)N2CCOCC2)c1)NC(=O)c1ccccc1. The van der Waals surface area contributed by atoms with E-state index in [9.17, 15) is 27.2 Å². The number of hydrogen-bond acceptors (Lipinski definition) is 7. The molecule has 1 aliphatic rings. The normalized spacial score (nSPS) is 14.6. The van der Waals surface area contributed by atoms with Crippen molar-refractivity contribution in [3.8, 4) is 0 Å². The summed E-state index contributed by atoms with van der Waals surface area (Å²) in [6.07, 6.45) is 0. The van der Waals surface area contributed by atoms with Crippen LogP contribution in [0.15, 0.2) is 53.4 Å². The van der Waals surface area contributed by atoms with Gasteiger partial charge in [-0.1, -0.05) is 18.2 Å². The van der Waals surface area contributed by atoms with Gasteiger partial charge in [-0.3, -0.25) is 14.9 Å². The third-order valence-corrected chi connectivity index (χ3v) is 6.29. The molecule has 0 radical (unpaired) electrons. The maximum atomic E-state index is 14.2. The number of nitrogens with one attached hydrogen (secondary N) is 1. The summed E-state index contributed by atoms with van der Waals surface area (Å²) in [6, 6.07) is 10.7. The Labute approximate surface area is 177 Å². The van der Waals surface area contributed by atoms with Crippen LogP contribution in [-0.2, 0) is 24.3 Å². The second-order valence-electron chi connectivity index (χ2n) is 6.48. The maximum Gasteiger partial charge on any atom is 0.338 e. The zero-order valence-electron chi connectivity index (χ0n) is 16.2. The van der Waals surface area contributed by atoms with Crippen molar-refractivity contribution >= 4 is 27.8 Å². The predicted octanol–water partition coefficient (Wildman–Crippen LogP) is 0.960. The van der Waals surface area contributed by atoms with Crippen molar-refractivity contribution in [3.63, 3.8) is 0 Å². The first-order valence-corrected chi connectivity index (χ1v) is 10.7. The van der Waals surface area contributed by atoms with Crippen LogP contribution in [-0.4, -0.2) is 63.4 Å². The van der Waals surface area contributed by atoms with Crippen molar-refractivity contribution in [2.24, 2.45) is 0 Å². The van der Waals surface area contributed by atoms with E-state index in [1.165, 1.54) is 12.1 Å². The quantitative estimate of drug-likeness (QED) is 0.651. The molecule has 1 saturated heterocycles. The third kappa shape index (κ3) is 5.51. The van der Waals surface area contributed by atoms with Crippen LogP contribution in [0.25, 0.3) is 0 Å². The van der Waals surface area contributed by atoms with Crippen LogP contribution in [0.3, 0.4) is 0 Å². The summed E-state index contributed by atoms with van der Waals surface area (Å²) in [5, 5.41) is 2.06. The molecule has 1 N–H and O–H groups in total. The van der Waals surface area contributed by atoms with Gasteiger partial charge >= 0.3 is 5.97 Å². The molecular formula is C20H19FN2O7S. The van der Waals surface area contributed by atoms with Crippen molar-refractivity contribution in [3.05, 3.63) is 65.5 Å². The van der Waals surface area contributed by atoms with Crippen molar-refractivity contribution in [1.29, 1.82) is 0 Å². The number of carbonyl (C=O) groups is 3. The van der Waals surface area contributed by atoms with E-state index in [4.69, 9.17) is 9.47 Å². The first-order chi connectivity index (χ1) is 14.8. The molecule has 2 aromatic carbocycles. The highest BCUT2D eigenvalue weighted by Gasteiger charge is 2.30. The molecule has 2 aromatic rings. The summed E-state index contributed by atoms with van der Waals surface area (Å²) >= 11 is 0. The molecule has 0 unspecified atom stereocenters. The monoisotopic (exact) mass is 450 g/mol. The van der Waals surface area contributed by atoms with Gasteiger partial charge < -0.3 is 9.47 Å². The van der Waals surface area contributed by atoms with Gasteiger partial charge in [0, 0.05) is 18.7 Å².